The highest BCUT2D eigenvalue weighted by Gasteiger charge is 2.04. The molecule has 0 saturated carbocycles. The summed E-state index contributed by atoms with van der Waals surface area (Å²) >= 11 is 0. The largest absolute Gasteiger partial charge is 0.460 e. The zero-order chi connectivity index (χ0) is 13.5. The molecule has 0 aliphatic heterocycles. The molecule has 1 aromatic carbocycles. The third-order valence-corrected chi connectivity index (χ3v) is 2.87. The Morgan fingerprint density at radius 3 is 2.58 bits per heavy atom. The van der Waals surface area contributed by atoms with Crippen LogP contribution in [0.25, 0.3) is 11.3 Å². The standard InChI is InChI=1S/C15H19FN2O/c1-17-9-2-10-18-11-14-7-8-15(19-14)12-3-5-13(16)6-4-12/h3-8,17-18H,2,9-11H2,1H3. The highest BCUT2D eigenvalue weighted by molar-refractivity contribution is 5.57. The van der Waals surface area contributed by atoms with E-state index in [4.69, 9.17) is 4.42 Å². The summed E-state index contributed by atoms with van der Waals surface area (Å²) in [6.45, 7) is 2.67. The first-order chi connectivity index (χ1) is 9.29. The van der Waals surface area contributed by atoms with E-state index in [1.54, 1.807) is 12.1 Å². The van der Waals surface area contributed by atoms with Crippen LogP contribution in [0, 0.1) is 5.82 Å². The van der Waals surface area contributed by atoms with Crippen molar-refractivity contribution in [2.75, 3.05) is 20.1 Å². The molecule has 19 heavy (non-hydrogen) atoms. The van der Waals surface area contributed by atoms with Crippen molar-refractivity contribution in [2.45, 2.75) is 13.0 Å². The summed E-state index contributed by atoms with van der Waals surface area (Å²) in [5.74, 6) is 1.43. The number of benzene rings is 1. The molecule has 0 spiro atoms. The summed E-state index contributed by atoms with van der Waals surface area (Å²) in [5.41, 5.74) is 0.892. The monoisotopic (exact) mass is 262 g/mol. The van der Waals surface area contributed by atoms with E-state index in [9.17, 15) is 4.39 Å². The maximum absolute atomic E-state index is 12.8. The van der Waals surface area contributed by atoms with Gasteiger partial charge in [0.05, 0.1) is 6.54 Å². The van der Waals surface area contributed by atoms with Crippen LogP contribution in [0.2, 0.25) is 0 Å². The number of hydrogen-bond donors (Lipinski definition) is 2. The van der Waals surface area contributed by atoms with Crippen molar-refractivity contribution in [3.63, 3.8) is 0 Å². The van der Waals surface area contributed by atoms with Crippen LogP contribution in [0.3, 0.4) is 0 Å². The molecule has 0 bridgehead atoms. The predicted octanol–water partition coefficient (Wildman–Crippen LogP) is 2.78. The molecule has 1 aromatic heterocycles. The average molecular weight is 262 g/mol. The van der Waals surface area contributed by atoms with Crippen LogP contribution >= 0.6 is 0 Å². The average Bonchev–Trinajstić information content (AvgIpc) is 2.88. The Kier molecular flexibility index (Phi) is 5.12. The van der Waals surface area contributed by atoms with Crippen LogP contribution in [0.15, 0.2) is 40.8 Å². The van der Waals surface area contributed by atoms with E-state index in [1.165, 1.54) is 12.1 Å². The molecule has 102 valence electrons. The van der Waals surface area contributed by atoms with Crippen LogP contribution in [-0.4, -0.2) is 20.1 Å². The molecular formula is C15H19FN2O. The summed E-state index contributed by atoms with van der Waals surface area (Å²) in [5, 5.41) is 6.42. The lowest BCUT2D eigenvalue weighted by Crippen LogP contribution is -2.19. The Labute approximate surface area is 112 Å². The molecular weight excluding hydrogens is 243 g/mol. The molecule has 0 saturated heterocycles. The summed E-state index contributed by atoms with van der Waals surface area (Å²) in [7, 11) is 1.95. The van der Waals surface area contributed by atoms with Gasteiger partial charge in [-0.2, -0.15) is 0 Å². The first-order valence-electron chi connectivity index (χ1n) is 6.49. The quantitative estimate of drug-likeness (QED) is 0.753. The van der Waals surface area contributed by atoms with Gasteiger partial charge >= 0.3 is 0 Å². The molecule has 2 N–H and O–H groups in total. The van der Waals surface area contributed by atoms with Gasteiger partial charge in [-0.25, -0.2) is 4.39 Å². The number of furan rings is 1. The smallest absolute Gasteiger partial charge is 0.134 e. The van der Waals surface area contributed by atoms with E-state index in [1.807, 2.05) is 19.2 Å². The van der Waals surface area contributed by atoms with Gasteiger partial charge in [-0.05, 0) is 63.0 Å². The molecule has 2 aromatic rings. The molecule has 4 heteroatoms. The molecule has 0 fully saturated rings. The number of rotatable bonds is 7. The van der Waals surface area contributed by atoms with Gasteiger partial charge in [0.25, 0.3) is 0 Å². The van der Waals surface area contributed by atoms with Gasteiger partial charge in [0.15, 0.2) is 0 Å². The van der Waals surface area contributed by atoms with Crippen molar-refractivity contribution < 1.29 is 8.81 Å². The Morgan fingerprint density at radius 1 is 1.05 bits per heavy atom. The third-order valence-electron chi connectivity index (χ3n) is 2.87. The van der Waals surface area contributed by atoms with Crippen LogP contribution < -0.4 is 10.6 Å². The molecule has 2 rings (SSSR count). The topological polar surface area (TPSA) is 37.2 Å². The SMILES string of the molecule is CNCCCNCc1ccc(-c2ccc(F)cc2)o1. The van der Waals surface area contributed by atoms with Crippen LogP contribution in [0.5, 0.6) is 0 Å². The Balaban J connectivity index is 1.86. The summed E-state index contributed by atoms with van der Waals surface area (Å²) in [4.78, 5) is 0. The second-order valence-corrected chi connectivity index (χ2v) is 4.41. The minimum Gasteiger partial charge on any atom is -0.460 e. The maximum Gasteiger partial charge on any atom is 0.134 e. The van der Waals surface area contributed by atoms with E-state index in [0.717, 1.165) is 36.6 Å². The van der Waals surface area contributed by atoms with Gasteiger partial charge in [-0.15, -0.1) is 0 Å². The van der Waals surface area contributed by atoms with Gasteiger partial charge in [0.2, 0.25) is 0 Å². The molecule has 0 unspecified atom stereocenters. The van der Waals surface area contributed by atoms with Gasteiger partial charge in [0.1, 0.15) is 17.3 Å². The first kappa shape index (κ1) is 13.8. The predicted molar refractivity (Wildman–Crippen MR) is 74.4 cm³/mol. The molecule has 0 atom stereocenters. The molecule has 0 aliphatic rings. The first-order valence-corrected chi connectivity index (χ1v) is 6.49. The number of halogens is 1. The highest BCUT2D eigenvalue weighted by Crippen LogP contribution is 2.22. The molecule has 1 heterocycles. The van der Waals surface area contributed by atoms with E-state index >= 15 is 0 Å². The van der Waals surface area contributed by atoms with E-state index in [0.29, 0.717) is 6.54 Å². The number of nitrogens with one attached hydrogen (secondary N) is 2. The van der Waals surface area contributed by atoms with Crippen molar-refractivity contribution in [1.29, 1.82) is 0 Å². The molecule has 3 nitrogen and oxygen atoms in total. The minimum atomic E-state index is -0.235. The Bertz CT molecular complexity index is 493. The van der Waals surface area contributed by atoms with Gasteiger partial charge in [-0.3, -0.25) is 0 Å². The molecule has 0 radical (unpaired) electrons. The lowest BCUT2D eigenvalue weighted by atomic mass is 10.2. The number of hydrogen-bond acceptors (Lipinski definition) is 3. The van der Waals surface area contributed by atoms with E-state index < -0.39 is 0 Å². The normalized spacial score (nSPS) is 10.8. The van der Waals surface area contributed by atoms with Gasteiger partial charge in [0, 0.05) is 5.56 Å². The van der Waals surface area contributed by atoms with Crippen molar-refractivity contribution >= 4 is 0 Å². The maximum atomic E-state index is 12.8. The van der Waals surface area contributed by atoms with Gasteiger partial charge in [-0.1, -0.05) is 0 Å². The van der Waals surface area contributed by atoms with Gasteiger partial charge < -0.3 is 15.1 Å². The van der Waals surface area contributed by atoms with Crippen molar-refractivity contribution in [3.8, 4) is 11.3 Å². The van der Waals surface area contributed by atoms with Crippen molar-refractivity contribution in [2.24, 2.45) is 0 Å². The van der Waals surface area contributed by atoms with Crippen LogP contribution in [0.1, 0.15) is 12.2 Å². The molecule has 0 aliphatic carbocycles. The van der Waals surface area contributed by atoms with Crippen molar-refractivity contribution in [3.05, 3.63) is 48.0 Å². The highest BCUT2D eigenvalue weighted by atomic mass is 19.1. The van der Waals surface area contributed by atoms with E-state index in [-0.39, 0.29) is 5.82 Å². The fraction of sp³-hybridized carbons (Fsp3) is 0.333. The van der Waals surface area contributed by atoms with Crippen LogP contribution in [0.4, 0.5) is 4.39 Å². The Morgan fingerprint density at radius 2 is 1.84 bits per heavy atom. The third kappa shape index (κ3) is 4.19. The fourth-order valence-electron chi connectivity index (χ4n) is 1.84. The van der Waals surface area contributed by atoms with Crippen molar-refractivity contribution in [1.82, 2.24) is 10.6 Å². The summed E-state index contributed by atoms with van der Waals surface area (Å²) in [6.07, 6.45) is 1.09. The zero-order valence-electron chi connectivity index (χ0n) is 11.1. The minimum absolute atomic E-state index is 0.235. The summed E-state index contributed by atoms with van der Waals surface area (Å²) in [6, 6.07) is 10.2. The summed E-state index contributed by atoms with van der Waals surface area (Å²) < 4.78 is 18.5. The second-order valence-electron chi connectivity index (χ2n) is 4.41. The second kappa shape index (κ2) is 7.07. The molecule has 0 amide bonds. The fourth-order valence-corrected chi connectivity index (χ4v) is 1.84. The van der Waals surface area contributed by atoms with Crippen LogP contribution in [-0.2, 0) is 6.54 Å². The lowest BCUT2D eigenvalue weighted by Gasteiger charge is -2.02. The Hall–Kier alpha value is -1.65. The lowest BCUT2D eigenvalue weighted by molar-refractivity contribution is 0.490. The zero-order valence-corrected chi connectivity index (χ0v) is 11.1. The van der Waals surface area contributed by atoms with E-state index in [2.05, 4.69) is 10.6 Å².